The summed E-state index contributed by atoms with van der Waals surface area (Å²) in [5.41, 5.74) is -1.01. The number of rotatable bonds is 4. The van der Waals surface area contributed by atoms with Crippen molar-refractivity contribution in [3.8, 4) is 6.07 Å². The van der Waals surface area contributed by atoms with Crippen LogP contribution in [-0.2, 0) is 4.74 Å². The van der Waals surface area contributed by atoms with Gasteiger partial charge < -0.3 is 15.4 Å². The number of carbonyl (C=O) groups excluding carboxylic acids is 1. The molecule has 0 aliphatic rings. The Kier molecular flexibility index (Phi) is 5.43. The lowest BCUT2D eigenvalue weighted by atomic mass is 9.96. The Morgan fingerprint density at radius 3 is 2.24 bits per heavy atom. The van der Waals surface area contributed by atoms with Crippen LogP contribution in [0.1, 0.15) is 41.0 Å². The van der Waals surface area contributed by atoms with Gasteiger partial charge in [-0.1, -0.05) is 0 Å². The minimum atomic E-state index is -0.516. The predicted octanol–water partition coefficient (Wildman–Crippen LogP) is 1.79. The van der Waals surface area contributed by atoms with E-state index < -0.39 is 17.2 Å². The van der Waals surface area contributed by atoms with E-state index in [-0.39, 0.29) is 6.04 Å². The van der Waals surface area contributed by atoms with E-state index in [1.807, 2.05) is 34.6 Å². The molecule has 0 radical (unpaired) electrons. The average molecular weight is 241 g/mol. The molecule has 98 valence electrons. The molecule has 17 heavy (non-hydrogen) atoms. The van der Waals surface area contributed by atoms with E-state index in [4.69, 9.17) is 10.00 Å². The van der Waals surface area contributed by atoms with Gasteiger partial charge in [-0.3, -0.25) is 0 Å². The molecule has 1 atom stereocenters. The average Bonchev–Trinajstić information content (AvgIpc) is 2.09. The fourth-order valence-electron chi connectivity index (χ4n) is 1.35. The molecule has 0 saturated heterocycles. The highest BCUT2D eigenvalue weighted by molar-refractivity contribution is 5.68. The van der Waals surface area contributed by atoms with Crippen LogP contribution in [0.25, 0.3) is 0 Å². The quantitative estimate of drug-likeness (QED) is 0.787. The first-order chi connectivity index (χ1) is 7.59. The fraction of sp³-hybridized carbons (Fsp3) is 0.833. The van der Waals surface area contributed by atoms with E-state index in [0.717, 1.165) is 0 Å². The van der Waals surface area contributed by atoms with Gasteiger partial charge in [-0.15, -0.1) is 0 Å². The first-order valence-electron chi connectivity index (χ1n) is 5.68. The molecule has 0 spiro atoms. The van der Waals surface area contributed by atoms with Crippen molar-refractivity contribution in [3.63, 3.8) is 0 Å². The van der Waals surface area contributed by atoms with Gasteiger partial charge in [0, 0.05) is 5.54 Å². The van der Waals surface area contributed by atoms with Crippen molar-refractivity contribution in [2.45, 2.75) is 58.2 Å². The second-order valence-corrected chi connectivity index (χ2v) is 5.69. The molecular formula is C12H23N3O2. The van der Waals surface area contributed by atoms with Gasteiger partial charge in [-0.05, 0) is 48.1 Å². The maximum atomic E-state index is 11.6. The zero-order chi connectivity index (χ0) is 13.7. The Balaban J connectivity index is 4.35. The van der Waals surface area contributed by atoms with Gasteiger partial charge >= 0.3 is 6.09 Å². The lowest BCUT2D eigenvalue weighted by Crippen LogP contribution is -2.49. The Morgan fingerprint density at radius 2 is 1.88 bits per heavy atom. The smallest absolute Gasteiger partial charge is 0.408 e. The van der Waals surface area contributed by atoms with Crippen LogP contribution in [0.2, 0.25) is 0 Å². The van der Waals surface area contributed by atoms with Gasteiger partial charge in [0.25, 0.3) is 0 Å². The Hall–Kier alpha value is -1.28. The van der Waals surface area contributed by atoms with Crippen molar-refractivity contribution in [3.05, 3.63) is 0 Å². The van der Waals surface area contributed by atoms with Crippen LogP contribution in [0, 0.1) is 11.3 Å². The highest BCUT2D eigenvalue weighted by Crippen LogP contribution is 2.13. The normalized spacial score (nSPS) is 13.7. The Labute approximate surface area is 104 Å². The van der Waals surface area contributed by atoms with Crippen LogP contribution in [0.15, 0.2) is 0 Å². The molecule has 0 aromatic rings. The number of ether oxygens (including phenoxy) is 1. The number of carbonyl (C=O) groups is 1. The number of hydrogen-bond donors (Lipinski definition) is 2. The summed E-state index contributed by atoms with van der Waals surface area (Å²) in [5, 5.41) is 14.5. The highest BCUT2D eigenvalue weighted by atomic mass is 16.6. The number of nitriles is 1. The second-order valence-electron chi connectivity index (χ2n) is 5.69. The molecular weight excluding hydrogens is 218 g/mol. The summed E-state index contributed by atoms with van der Waals surface area (Å²) in [6.07, 6.45) is 0.0504. The van der Waals surface area contributed by atoms with Crippen molar-refractivity contribution in [2.75, 3.05) is 7.05 Å². The summed E-state index contributed by atoms with van der Waals surface area (Å²) in [6, 6.07) is 1.83. The van der Waals surface area contributed by atoms with Crippen molar-refractivity contribution in [1.29, 1.82) is 5.26 Å². The van der Waals surface area contributed by atoms with Crippen molar-refractivity contribution in [1.82, 2.24) is 10.6 Å². The number of amides is 1. The van der Waals surface area contributed by atoms with E-state index in [1.165, 1.54) is 0 Å². The lowest BCUT2D eigenvalue weighted by molar-refractivity contribution is 0.0466. The SMILES string of the molecule is CNC(C#N)CC(C)(C)NC(=O)OC(C)(C)C. The first-order valence-corrected chi connectivity index (χ1v) is 5.68. The number of alkyl carbamates (subject to hydrolysis) is 1. The standard InChI is InChI=1S/C12H23N3O2/c1-11(2,3)17-10(16)15-12(4,5)7-9(8-13)14-6/h9,14H,7H2,1-6H3,(H,15,16). The van der Waals surface area contributed by atoms with E-state index in [9.17, 15) is 4.79 Å². The van der Waals surface area contributed by atoms with Gasteiger partial charge in [0.2, 0.25) is 0 Å². The molecule has 1 amide bonds. The third kappa shape index (κ3) is 7.58. The summed E-state index contributed by atoms with van der Waals surface area (Å²) in [7, 11) is 1.72. The first kappa shape index (κ1) is 15.7. The summed E-state index contributed by atoms with van der Waals surface area (Å²) in [5.74, 6) is 0. The van der Waals surface area contributed by atoms with Crippen LogP contribution in [0.5, 0.6) is 0 Å². The molecule has 0 fully saturated rings. The molecule has 0 aliphatic heterocycles. The van der Waals surface area contributed by atoms with Gasteiger partial charge in [0.05, 0.1) is 12.1 Å². The van der Waals surface area contributed by atoms with Crippen LogP contribution >= 0.6 is 0 Å². The van der Waals surface area contributed by atoms with E-state index in [2.05, 4.69) is 16.7 Å². The third-order valence-electron chi connectivity index (χ3n) is 2.06. The molecule has 0 aromatic heterocycles. The van der Waals surface area contributed by atoms with Crippen LogP contribution in [-0.4, -0.2) is 30.3 Å². The van der Waals surface area contributed by atoms with Crippen molar-refractivity contribution < 1.29 is 9.53 Å². The molecule has 5 heteroatoms. The van der Waals surface area contributed by atoms with Crippen molar-refractivity contribution in [2.24, 2.45) is 0 Å². The molecule has 0 heterocycles. The molecule has 2 N–H and O–H groups in total. The van der Waals surface area contributed by atoms with E-state index in [0.29, 0.717) is 6.42 Å². The molecule has 1 unspecified atom stereocenters. The maximum absolute atomic E-state index is 11.6. The van der Waals surface area contributed by atoms with Gasteiger partial charge in [0.1, 0.15) is 5.60 Å². The van der Waals surface area contributed by atoms with Crippen LogP contribution in [0.3, 0.4) is 0 Å². The van der Waals surface area contributed by atoms with E-state index in [1.54, 1.807) is 7.05 Å². The molecule has 0 saturated carbocycles. The second kappa shape index (κ2) is 5.87. The molecule has 0 rings (SSSR count). The van der Waals surface area contributed by atoms with Gasteiger partial charge in [-0.25, -0.2) is 4.79 Å². The summed E-state index contributed by atoms with van der Waals surface area (Å²) in [6.45, 7) is 9.15. The molecule has 5 nitrogen and oxygen atoms in total. The summed E-state index contributed by atoms with van der Waals surface area (Å²) in [4.78, 5) is 11.6. The van der Waals surface area contributed by atoms with E-state index >= 15 is 0 Å². The van der Waals surface area contributed by atoms with Crippen LogP contribution in [0.4, 0.5) is 4.79 Å². The molecule has 0 aromatic carbocycles. The maximum Gasteiger partial charge on any atom is 0.408 e. The molecule has 0 bridgehead atoms. The highest BCUT2D eigenvalue weighted by Gasteiger charge is 2.27. The Bertz CT molecular complexity index is 300. The molecule has 0 aliphatic carbocycles. The van der Waals surface area contributed by atoms with Gasteiger partial charge in [0.15, 0.2) is 0 Å². The Morgan fingerprint density at radius 1 is 1.35 bits per heavy atom. The van der Waals surface area contributed by atoms with Gasteiger partial charge in [-0.2, -0.15) is 5.26 Å². The minimum Gasteiger partial charge on any atom is -0.444 e. The zero-order valence-corrected chi connectivity index (χ0v) is 11.5. The number of nitrogens with one attached hydrogen (secondary N) is 2. The van der Waals surface area contributed by atoms with Crippen LogP contribution < -0.4 is 10.6 Å². The largest absolute Gasteiger partial charge is 0.444 e. The monoisotopic (exact) mass is 241 g/mol. The number of nitrogens with zero attached hydrogens (tertiary/aromatic N) is 1. The summed E-state index contributed by atoms with van der Waals surface area (Å²) < 4.78 is 5.17. The predicted molar refractivity (Wildman–Crippen MR) is 66.5 cm³/mol. The fourth-order valence-corrected chi connectivity index (χ4v) is 1.35. The van der Waals surface area contributed by atoms with Crippen molar-refractivity contribution >= 4 is 6.09 Å². The summed E-state index contributed by atoms with van der Waals surface area (Å²) >= 11 is 0. The zero-order valence-electron chi connectivity index (χ0n) is 11.5. The number of hydrogen-bond acceptors (Lipinski definition) is 4. The lowest BCUT2D eigenvalue weighted by Gasteiger charge is -2.29. The topological polar surface area (TPSA) is 74.2 Å². The third-order valence-corrected chi connectivity index (χ3v) is 2.06. The minimum absolute atomic E-state index is 0.292.